The van der Waals surface area contributed by atoms with Crippen molar-refractivity contribution in [3.05, 3.63) is 58.8 Å². The molecule has 0 amide bonds. The minimum absolute atomic E-state index is 0.140. The molecule has 1 aliphatic carbocycles. The van der Waals surface area contributed by atoms with Gasteiger partial charge in [-0.25, -0.2) is 9.50 Å². The molecule has 1 aliphatic rings. The van der Waals surface area contributed by atoms with Crippen molar-refractivity contribution in [1.29, 1.82) is 0 Å². The first-order valence-corrected chi connectivity index (χ1v) is 11.9. The Morgan fingerprint density at radius 1 is 1.09 bits per heavy atom. The Kier molecular flexibility index (Phi) is 9.45. The van der Waals surface area contributed by atoms with Crippen molar-refractivity contribution in [3.63, 3.8) is 0 Å². The number of fused-ring (bicyclic) bond motifs is 1. The zero-order valence-electron chi connectivity index (χ0n) is 21.1. The van der Waals surface area contributed by atoms with E-state index >= 15 is 0 Å². The highest BCUT2D eigenvalue weighted by Gasteiger charge is 2.31. The van der Waals surface area contributed by atoms with Crippen LogP contribution >= 0.6 is 0 Å². The number of ether oxygens (including phenoxy) is 1. The van der Waals surface area contributed by atoms with Crippen LogP contribution in [0.1, 0.15) is 65.9 Å². The molecule has 178 valence electrons. The van der Waals surface area contributed by atoms with Crippen LogP contribution in [0.15, 0.2) is 47.7 Å². The number of methoxy groups -OCH3 is 1. The second-order valence-electron chi connectivity index (χ2n) is 6.92. The van der Waals surface area contributed by atoms with Crippen LogP contribution in [0.3, 0.4) is 0 Å². The molecule has 0 atom stereocenters. The number of hydrogen-bond acceptors (Lipinski definition) is 4. The van der Waals surface area contributed by atoms with Gasteiger partial charge in [-0.3, -0.25) is 4.79 Å². The summed E-state index contributed by atoms with van der Waals surface area (Å²) in [5, 5.41) is 4.65. The lowest BCUT2D eigenvalue weighted by atomic mass is 10.0. The van der Waals surface area contributed by atoms with Crippen molar-refractivity contribution in [3.8, 4) is 28.5 Å². The molecule has 1 fully saturated rings. The molecular weight excluding hydrogens is 414 g/mol. The van der Waals surface area contributed by atoms with E-state index < -0.39 is 0 Å². The minimum Gasteiger partial charge on any atom is -0.497 e. The fourth-order valence-electron chi connectivity index (χ4n) is 3.61. The molecule has 3 heterocycles. The topological polar surface area (TPSA) is 77.2 Å². The first-order chi connectivity index (χ1) is 16.2. The van der Waals surface area contributed by atoms with Gasteiger partial charge < -0.3 is 14.3 Å². The predicted molar refractivity (Wildman–Crippen MR) is 136 cm³/mol. The Labute approximate surface area is 196 Å². The largest absolute Gasteiger partial charge is 0.497 e. The quantitative estimate of drug-likeness (QED) is 0.409. The first-order valence-electron chi connectivity index (χ1n) is 11.9. The van der Waals surface area contributed by atoms with Gasteiger partial charge in [0.15, 0.2) is 11.6 Å². The summed E-state index contributed by atoms with van der Waals surface area (Å²) in [6, 6.07) is 7.91. The molecule has 1 saturated carbocycles. The van der Waals surface area contributed by atoms with Gasteiger partial charge in [0.05, 0.1) is 7.11 Å². The van der Waals surface area contributed by atoms with Crippen LogP contribution in [0, 0.1) is 0 Å². The van der Waals surface area contributed by atoms with Crippen molar-refractivity contribution in [2.75, 3.05) is 7.11 Å². The van der Waals surface area contributed by atoms with Gasteiger partial charge in [-0.1, -0.05) is 53.7 Å². The number of H-pyrrole nitrogens is 1. The van der Waals surface area contributed by atoms with Gasteiger partial charge in [0.1, 0.15) is 11.3 Å². The Hall–Kier alpha value is -3.35. The third-order valence-electron chi connectivity index (χ3n) is 5.08. The number of nitrogens with one attached hydrogen (secondary N) is 1. The van der Waals surface area contributed by atoms with Gasteiger partial charge in [0, 0.05) is 31.2 Å². The number of aromatic amines is 1. The SMILES string of the molecule is CC.CC.CC.COc1cccc(-c2cn3nc(-c4nccn4C)[nH]c(=O)c3c2C2CC2)c1. The number of aromatic nitrogens is 5. The maximum atomic E-state index is 12.9. The molecule has 0 radical (unpaired) electrons. The smallest absolute Gasteiger partial charge is 0.275 e. The molecule has 0 unspecified atom stereocenters. The average Bonchev–Trinajstić information content (AvgIpc) is 3.50. The van der Waals surface area contributed by atoms with E-state index in [0.717, 1.165) is 35.3 Å². The zero-order chi connectivity index (χ0) is 24.5. The molecule has 4 aromatic rings. The van der Waals surface area contributed by atoms with E-state index in [2.05, 4.69) is 15.1 Å². The van der Waals surface area contributed by atoms with E-state index in [-0.39, 0.29) is 5.56 Å². The van der Waals surface area contributed by atoms with Crippen LogP contribution in [-0.2, 0) is 7.05 Å². The summed E-state index contributed by atoms with van der Waals surface area (Å²) < 4.78 is 8.90. The second kappa shape index (κ2) is 12.0. The lowest BCUT2D eigenvalue weighted by Crippen LogP contribution is -2.15. The highest BCUT2D eigenvalue weighted by Crippen LogP contribution is 2.46. The first kappa shape index (κ1) is 25.9. The van der Waals surface area contributed by atoms with E-state index in [1.54, 1.807) is 17.8 Å². The molecular formula is C26H37N5O2. The highest BCUT2D eigenvalue weighted by atomic mass is 16.5. The van der Waals surface area contributed by atoms with Crippen molar-refractivity contribution in [2.45, 2.75) is 60.3 Å². The molecule has 33 heavy (non-hydrogen) atoms. The lowest BCUT2D eigenvalue weighted by Gasteiger charge is -2.05. The Balaban J connectivity index is 0.000000597. The summed E-state index contributed by atoms with van der Waals surface area (Å²) in [6.45, 7) is 12.0. The maximum absolute atomic E-state index is 12.9. The Bertz CT molecular complexity index is 1220. The number of nitrogens with zero attached hydrogens (tertiary/aromatic N) is 4. The van der Waals surface area contributed by atoms with Crippen molar-refractivity contribution in [2.24, 2.45) is 7.05 Å². The summed E-state index contributed by atoms with van der Waals surface area (Å²) in [5.41, 5.74) is 3.61. The summed E-state index contributed by atoms with van der Waals surface area (Å²) >= 11 is 0. The molecule has 0 spiro atoms. The lowest BCUT2D eigenvalue weighted by molar-refractivity contribution is 0.415. The summed E-state index contributed by atoms with van der Waals surface area (Å²) in [5.74, 6) is 2.27. The number of aryl methyl sites for hydroxylation is 1. The van der Waals surface area contributed by atoms with Crippen LogP contribution in [0.5, 0.6) is 5.75 Å². The second-order valence-corrected chi connectivity index (χ2v) is 6.92. The number of imidazole rings is 1. The van der Waals surface area contributed by atoms with E-state index in [0.29, 0.717) is 23.1 Å². The van der Waals surface area contributed by atoms with Gasteiger partial charge in [0.25, 0.3) is 5.56 Å². The van der Waals surface area contributed by atoms with E-state index in [1.807, 2.05) is 89.8 Å². The fourth-order valence-corrected chi connectivity index (χ4v) is 3.61. The predicted octanol–water partition coefficient (Wildman–Crippen LogP) is 6.05. The van der Waals surface area contributed by atoms with E-state index in [1.165, 1.54) is 0 Å². The van der Waals surface area contributed by atoms with E-state index in [4.69, 9.17) is 4.74 Å². The van der Waals surface area contributed by atoms with Crippen molar-refractivity contribution < 1.29 is 4.74 Å². The molecule has 0 bridgehead atoms. The molecule has 0 aliphatic heterocycles. The van der Waals surface area contributed by atoms with Crippen LogP contribution in [0.2, 0.25) is 0 Å². The average molecular weight is 452 g/mol. The summed E-state index contributed by atoms with van der Waals surface area (Å²) in [6.07, 6.45) is 7.65. The molecule has 1 N–H and O–H groups in total. The monoisotopic (exact) mass is 451 g/mol. The fraction of sp³-hybridized carbons (Fsp3) is 0.423. The maximum Gasteiger partial charge on any atom is 0.275 e. The van der Waals surface area contributed by atoms with Crippen LogP contribution < -0.4 is 10.3 Å². The van der Waals surface area contributed by atoms with Gasteiger partial charge in [-0.15, -0.1) is 5.10 Å². The highest BCUT2D eigenvalue weighted by molar-refractivity contribution is 5.78. The van der Waals surface area contributed by atoms with Crippen molar-refractivity contribution in [1.82, 2.24) is 24.1 Å². The normalized spacial score (nSPS) is 12.0. The Morgan fingerprint density at radius 3 is 2.36 bits per heavy atom. The Morgan fingerprint density at radius 2 is 1.79 bits per heavy atom. The standard InChI is InChI=1S/C20H19N5O2.3C2H6/c1-24-9-8-21-19(24)18-22-20(26)17-16(12-6-7-12)15(11-25(17)23-18)13-4-3-5-14(10-13)27-2;3*1-2/h3-5,8-12H,6-7H2,1-2H3,(H,22,23,26);3*1-2H3. The van der Waals surface area contributed by atoms with Crippen LogP contribution in [0.25, 0.3) is 28.3 Å². The third-order valence-corrected chi connectivity index (χ3v) is 5.08. The van der Waals surface area contributed by atoms with Gasteiger partial charge in [-0.05, 0) is 42.0 Å². The summed E-state index contributed by atoms with van der Waals surface area (Å²) in [4.78, 5) is 20.1. The van der Waals surface area contributed by atoms with Crippen LogP contribution in [-0.4, -0.2) is 31.3 Å². The van der Waals surface area contributed by atoms with Gasteiger partial charge in [-0.2, -0.15) is 0 Å². The molecule has 3 aromatic heterocycles. The molecule has 7 heteroatoms. The molecule has 1 aromatic carbocycles. The number of rotatable bonds is 4. The van der Waals surface area contributed by atoms with Crippen molar-refractivity contribution >= 4 is 5.52 Å². The summed E-state index contributed by atoms with van der Waals surface area (Å²) in [7, 11) is 3.53. The third kappa shape index (κ3) is 5.35. The molecule has 7 nitrogen and oxygen atoms in total. The minimum atomic E-state index is -0.140. The number of hydrogen-bond donors (Lipinski definition) is 1. The zero-order valence-corrected chi connectivity index (χ0v) is 21.1. The molecule has 5 rings (SSSR count). The van der Waals surface area contributed by atoms with Gasteiger partial charge in [0.2, 0.25) is 0 Å². The molecule has 0 saturated heterocycles. The number of benzene rings is 1. The van der Waals surface area contributed by atoms with Crippen LogP contribution in [0.4, 0.5) is 0 Å². The van der Waals surface area contributed by atoms with Gasteiger partial charge >= 0.3 is 0 Å². The van der Waals surface area contributed by atoms with E-state index in [9.17, 15) is 4.79 Å².